The Labute approximate surface area is 170 Å². The molecule has 1 aromatic rings. The van der Waals surface area contributed by atoms with E-state index >= 15 is 0 Å². The highest BCUT2D eigenvalue weighted by Gasteiger charge is 2.34. The number of ether oxygens (including phenoxy) is 1. The minimum absolute atomic E-state index is 0.119. The Morgan fingerprint density at radius 1 is 1.07 bits per heavy atom. The van der Waals surface area contributed by atoms with E-state index in [0.717, 1.165) is 12.8 Å². The van der Waals surface area contributed by atoms with Gasteiger partial charge in [0.05, 0.1) is 10.8 Å². The van der Waals surface area contributed by atoms with Gasteiger partial charge in [-0.3, -0.25) is 14.4 Å². The van der Waals surface area contributed by atoms with Crippen LogP contribution in [0, 0.1) is 5.92 Å². The van der Waals surface area contributed by atoms with Gasteiger partial charge in [0.15, 0.2) is 11.9 Å². The summed E-state index contributed by atoms with van der Waals surface area (Å²) in [7, 11) is -3.69. The number of amides is 1. The Morgan fingerprint density at radius 3 is 2.17 bits per heavy atom. The lowest BCUT2D eigenvalue weighted by molar-refractivity contribution is -0.159. The number of carbonyl (C=O) groups is 3. The third kappa shape index (κ3) is 5.22. The molecule has 9 heteroatoms. The molecule has 1 aromatic carbocycles. The summed E-state index contributed by atoms with van der Waals surface area (Å²) in [6, 6.07) is 6.03. The van der Waals surface area contributed by atoms with Gasteiger partial charge in [-0.25, -0.2) is 8.42 Å². The van der Waals surface area contributed by atoms with E-state index in [0.29, 0.717) is 18.4 Å². The van der Waals surface area contributed by atoms with Gasteiger partial charge in [0.1, 0.15) is 0 Å². The number of hydrogen-bond acceptors (Lipinski definition) is 6. The second kappa shape index (κ2) is 8.62. The Balaban J connectivity index is 1.54. The van der Waals surface area contributed by atoms with E-state index in [1.807, 2.05) is 0 Å². The van der Waals surface area contributed by atoms with E-state index < -0.39 is 28.0 Å². The second-order valence-electron chi connectivity index (χ2n) is 7.62. The number of ketones is 1. The maximum atomic E-state index is 12.8. The molecular formula is C20H26N2O6S. The van der Waals surface area contributed by atoms with Crippen molar-refractivity contribution in [2.75, 3.05) is 13.1 Å². The van der Waals surface area contributed by atoms with E-state index in [1.165, 1.54) is 35.5 Å². The van der Waals surface area contributed by atoms with Crippen LogP contribution in [-0.2, 0) is 24.3 Å². The van der Waals surface area contributed by atoms with Crippen molar-refractivity contribution in [2.24, 2.45) is 5.92 Å². The fourth-order valence-electron chi connectivity index (χ4n) is 3.21. The molecule has 0 aromatic heterocycles. The average molecular weight is 423 g/mol. The monoisotopic (exact) mass is 422 g/mol. The van der Waals surface area contributed by atoms with Gasteiger partial charge >= 0.3 is 5.97 Å². The number of carbonyl (C=O) groups excluding carboxylic acids is 3. The van der Waals surface area contributed by atoms with E-state index in [1.54, 1.807) is 6.92 Å². The Hall–Kier alpha value is -2.26. The van der Waals surface area contributed by atoms with Crippen molar-refractivity contribution in [3.8, 4) is 0 Å². The highest BCUT2D eigenvalue weighted by molar-refractivity contribution is 7.89. The van der Waals surface area contributed by atoms with Crippen molar-refractivity contribution in [2.45, 2.75) is 56.6 Å². The molecule has 2 aliphatic rings. The molecule has 0 unspecified atom stereocenters. The maximum Gasteiger partial charge on any atom is 0.309 e. The lowest BCUT2D eigenvalue weighted by atomic mass is 9.98. The van der Waals surface area contributed by atoms with Gasteiger partial charge in [-0.05, 0) is 51.7 Å². The molecule has 158 valence electrons. The molecule has 1 saturated carbocycles. The maximum absolute atomic E-state index is 12.8. The first-order valence-corrected chi connectivity index (χ1v) is 11.2. The number of rotatable bonds is 7. The standard InChI is InChI=1S/C20H26N2O6S/c1-13(23)15-3-7-18(8-4-15)29(26,27)22-11-9-16(10-12-22)20(25)28-14(2)19(24)21-17-5-6-17/h3-4,7-8,14,16-17H,5-6,9-12H2,1-2H3,(H,21,24)/t14-/m0/s1. The van der Waals surface area contributed by atoms with Crippen LogP contribution in [0.15, 0.2) is 29.2 Å². The van der Waals surface area contributed by atoms with Crippen LogP contribution in [0.3, 0.4) is 0 Å². The zero-order chi connectivity index (χ0) is 21.2. The summed E-state index contributed by atoms with van der Waals surface area (Å²) in [5.41, 5.74) is 0.449. The Kier molecular flexibility index (Phi) is 6.38. The van der Waals surface area contributed by atoms with Crippen LogP contribution in [0.4, 0.5) is 0 Å². The molecule has 0 spiro atoms. The number of benzene rings is 1. The van der Waals surface area contributed by atoms with Crippen molar-refractivity contribution >= 4 is 27.7 Å². The van der Waals surface area contributed by atoms with Crippen LogP contribution in [0.5, 0.6) is 0 Å². The molecule has 8 nitrogen and oxygen atoms in total. The first-order valence-electron chi connectivity index (χ1n) is 9.80. The van der Waals surface area contributed by atoms with Gasteiger partial charge in [0.25, 0.3) is 5.91 Å². The second-order valence-corrected chi connectivity index (χ2v) is 9.56. The molecule has 1 N–H and O–H groups in total. The summed E-state index contributed by atoms with van der Waals surface area (Å²) < 4.78 is 32.2. The zero-order valence-corrected chi connectivity index (χ0v) is 17.4. The first-order chi connectivity index (χ1) is 13.7. The summed E-state index contributed by atoms with van der Waals surface area (Å²) in [6.07, 6.45) is 1.72. The molecule has 1 heterocycles. The molecule has 3 rings (SSSR count). The Morgan fingerprint density at radius 2 is 1.66 bits per heavy atom. The first kappa shape index (κ1) is 21.4. The van der Waals surface area contributed by atoms with Crippen molar-refractivity contribution < 1.29 is 27.5 Å². The van der Waals surface area contributed by atoms with E-state index in [4.69, 9.17) is 4.74 Å². The third-order valence-corrected chi connectivity index (χ3v) is 7.18. The molecule has 1 saturated heterocycles. The molecule has 1 atom stereocenters. The number of sulfonamides is 1. The summed E-state index contributed by atoms with van der Waals surface area (Å²) in [5, 5.41) is 2.79. The predicted octanol–water partition coefficient (Wildman–Crippen LogP) is 1.50. The zero-order valence-electron chi connectivity index (χ0n) is 16.6. The van der Waals surface area contributed by atoms with Crippen LogP contribution in [0.25, 0.3) is 0 Å². The van der Waals surface area contributed by atoms with Crippen molar-refractivity contribution in [1.29, 1.82) is 0 Å². The summed E-state index contributed by atoms with van der Waals surface area (Å²) in [6.45, 7) is 3.35. The molecule has 29 heavy (non-hydrogen) atoms. The molecule has 1 aliphatic heterocycles. The Bertz CT molecular complexity index is 884. The van der Waals surface area contributed by atoms with Crippen LogP contribution in [0.1, 0.15) is 49.9 Å². The normalized spacial score (nSPS) is 19.4. The number of esters is 1. The fourth-order valence-corrected chi connectivity index (χ4v) is 4.68. The summed E-state index contributed by atoms with van der Waals surface area (Å²) in [5.74, 6) is -1.33. The van der Waals surface area contributed by atoms with Crippen LogP contribution >= 0.6 is 0 Å². The lowest BCUT2D eigenvalue weighted by Gasteiger charge is -2.30. The minimum atomic E-state index is -3.69. The van der Waals surface area contributed by atoms with Crippen molar-refractivity contribution in [1.82, 2.24) is 9.62 Å². The van der Waals surface area contributed by atoms with Gasteiger partial charge < -0.3 is 10.1 Å². The van der Waals surface area contributed by atoms with Crippen LogP contribution in [-0.4, -0.2) is 55.6 Å². The summed E-state index contributed by atoms with van der Waals surface area (Å²) in [4.78, 5) is 35.7. The van der Waals surface area contributed by atoms with E-state index in [9.17, 15) is 22.8 Å². The third-order valence-electron chi connectivity index (χ3n) is 5.27. The number of nitrogens with zero attached hydrogens (tertiary/aromatic N) is 1. The molecule has 0 radical (unpaired) electrons. The quantitative estimate of drug-likeness (QED) is 0.527. The minimum Gasteiger partial charge on any atom is -0.452 e. The highest BCUT2D eigenvalue weighted by atomic mass is 32.2. The van der Waals surface area contributed by atoms with Crippen molar-refractivity contribution in [3.63, 3.8) is 0 Å². The molecule has 2 fully saturated rings. The van der Waals surface area contributed by atoms with Crippen LogP contribution < -0.4 is 5.32 Å². The molecule has 0 bridgehead atoms. The summed E-state index contributed by atoms with van der Waals surface area (Å²) >= 11 is 0. The molecule has 1 amide bonds. The number of Topliss-reactive ketones (excluding diaryl/α,β-unsaturated/α-hetero) is 1. The largest absolute Gasteiger partial charge is 0.452 e. The smallest absolute Gasteiger partial charge is 0.309 e. The molecular weight excluding hydrogens is 396 g/mol. The van der Waals surface area contributed by atoms with Gasteiger partial charge in [-0.1, -0.05) is 12.1 Å². The fraction of sp³-hybridized carbons (Fsp3) is 0.550. The highest BCUT2D eigenvalue weighted by Crippen LogP contribution is 2.25. The lowest BCUT2D eigenvalue weighted by Crippen LogP contribution is -2.42. The average Bonchev–Trinajstić information content (AvgIpc) is 3.52. The topological polar surface area (TPSA) is 110 Å². The van der Waals surface area contributed by atoms with Gasteiger partial charge in [0.2, 0.25) is 10.0 Å². The number of piperidine rings is 1. The van der Waals surface area contributed by atoms with Crippen molar-refractivity contribution in [3.05, 3.63) is 29.8 Å². The van der Waals surface area contributed by atoms with Gasteiger partial charge in [-0.15, -0.1) is 0 Å². The SMILES string of the molecule is CC(=O)c1ccc(S(=O)(=O)N2CCC(C(=O)O[C@@H](C)C(=O)NC3CC3)CC2)cc1. The van der Waals surface area contributed by atoms with E-state index in [2.05, 4.69) is 5.32 Å². The van der Waals surface area contributed by atoms with Gasteiger partial charge in [0, 0.05) is 24.7 Å². The van der Waals surface area contributed by atoms with E-state index in [-0.39, 0.29) is 35.7 Å². The number of hydrogen-bond donors (Lipinski definition) is 1. The number of nitrogens with one attached hydrogen (secondary N) is 1. The van der Waals surface area contributed by atoms with Crippen LogP contribution in [0.2, 0.25) is 0 Å². The predicted molar refractivity (Wildman–Crippen MR) is 105 cm³/mol. The molecule has 1 aliphatic carbocycles. The van der Waals surface area contributed by atoms with Gasteiger partial charge in [-0.2, -0.15) is 4.31 Å².